The molecule has 0 aliphatic carbocycles. The van der Waals surface area contributed by atoms with Crippen LogP contribution in [0.15, 0.2) is 30.3 Å². The minimum absolute atomic E-state index is 0.225. The summed E-state index contributed by atoms with van der Waals surface area (Å²) in [7, 11) is 0. The number of carbonyl (C=O) groups excluding carboxylic acids is 3. The Morgan fingerprint density at radius 2 is 1.75 bits per heavy atom. The number of halogens is 1. The fourth-order valence-corrected chi connectivity index (χ4v) is 6.74. The molecule has 0 bridgehead atoms. The summed E-state index contributed by atoms with van der Waals surface area (Å²) in [5.41, 5.74) is 0.572. The van der Waals surface area contributed by atoms with Crippen LogP contribution in [0.1, 0.15) is 63.9 Å². The van der Waals surface area contributed by atoms with Gasteiger partial charge in [-0.2, -0.15) is 5.26 Å². The van der Waals surface area contributed by atoms with E-state index in [4.69, 9.17) is 25.8 Å². The lowest BCUT2D eigenvalue weighted by Crippen LogP contribution is -2.58. The Morgan fingerprint density at radius 3 is 2.43 bits per heavy atom. The number of hydrogen-bond donors (Lipinski definition) is 1. The second-order valence-electron chi connectivity index (χ2n) is 12.7. The molecular formula is C32H35ClN4O6S. The van der Waals surface area contributed by atoms with Gasteiger partial charge in [-0.05, 0) is 59.2 Å². The van der Waals surface area contributed by atoms with Crippen molar-refractivity contribution in [3.05, 3.63) is 46.5 Å². The van der Waals surface area contributed by atoms with E-state index in [1.807, 2.05) is 39.0 Å². The molecule has 3 aromatic rings. The molecule has 1 atom stereocenters. The number of anilines is 1. The predicted octanol–water partition coefficient (Wildman–Crippen LogP) is 7.28. The van der Waals surface area contributed by atoms with E-state index >= 15 is 0 Å². The zero-order valence-electron chi connectivity index (χ0n) is 25.6. The zero-order valence-corrected chi connectivity index (χ0v) is 27.1. The van der Waals surface area contributed by atoms with Crippen LogP contribution in [0.2, 0.25) is 5.02 Å². The topological polar surface area (TPSA) is 121 Å². The summed E-state index contributed by atoms with van der Waals surface area (Å²) in [4.78, 5) is 42.4. The third kappa shape index (κ3) is 6.42. The average Bonchev–Trinajstić information content (AvgIpc) is 3.27. The van der Waals surface area contributed by atoms with Crippen LogP contribution in [-0.4, -0.2) is 71.4 Å². The van der Waals surface area contributed by atoms with Gasteiger partial charge in [0.05, 0.1) is 28.8 Å². The molecule has 2 aliphatic rings. The van der Waals surface area contributed by atoms with Crippen LogP contribution >= 0.6 is 22.9 Å². The van der Waals surface area contributed by atoms with Crippen LogP contribution in [-0.2, 0) is 9.47 Å². The molecule has 2 aliphatic heterocycles. The summed E-state index contributed by atoms with van der Waals surface area (Å²) < 4.78 is 17.8. The largest absolute Gasteiger partial charge is 0.491 e. The van der Waals surface area contributed by atoms with Crippen molar-refractivity contribution in [1.82, 2.24) is 9.80 Å². The van der Waals surface area contributed by atoms with Crippen LogP contribution in [0.4, 0.5) is 14.6 Å². The first-order chi connectivity index (χ1) is 20.7. The standard InChI is InChI=1S/C32H35ClN4O6S/c1-31(2,3)42-29(39)35-27-22(16-34)24-19(8-7-9-23(24)44-27)20-10-11-21-26(25(20)33)41-15-12-18-17-36(13-14-37(18)28(21)38)30(40)43-32(4,5)6/h7-11,18H,12-15,17H2,1-6H3,(H,35,39)/t18-/m0/s1. The maximum atomic E-state index is 13.8. The van der Waals surface area contributed by atoms with E-state index in [2.05, 4.69) is 11.4 Å². The molecule has 1 N–H and O–H groups in total. The number of piperazine rings is 1. The first kappa shape index (κ1) is 31.4. The van der Waals surface area contributed by atoms with Crippen molar-refractivity contribution in [1.29, 1.82) is 5.26 Å². The van der Waals surface area contributed by atoms with Gasteiger partial charge in [-0.25, -0.2) is 9.59 Å². The number of ether oxygens (including phenoxy) is 3. The molecule has 3 amide bonds. The molecule has 12 heteroatoms. The molecule has 3 heterocycles. The fraction of sp³-hybridized carbons (Fsp3) is 0.438. The molecule has 1 aromatic heterocycles. The SMILES string of the molecule is CC(C)(C)OC(=O)Nc1sc2cccc(-c3ccc4c(c3Cl)OCC[C@H]3CN(C(=O)OC(C)(C)C)CCN3C4=O)c2c1C#N. The number of nitriles is 1. The first-order valence-corrected chi connectivity index (χ1v) is 15.6. The Morgan fingerprint density at radius 1 is 1.05 bits per heavy atom. The smallest absolute Gasteiger partial charge is 0.412 e. The summed E-state index contributed by atoms with van der Waals surface area (Å²) in [5, 5.41) is 14.1. The molecule has 0 spiro atoms. The van der Waals surface area contributed by atoms with E-state index in [-0.39, 0.29) is 34.9 Å². The van der Waals surface area contributed by atoms with E-state index in [0.29, 0.717) is 53.1 Å². The highest BCUT2D eigenvalue weighted by atomic mass is 35.5. The predicted molar refractivity (Wildman–Crippen MR) is 170 cm³/mol. The van der Waals surface area contributed by atoms with Gasteiger partial charge in [-0.15, -0.1) is 11.3 Å². The second kappa shape index (κ2) is 11.8. The first-order valence-electron chi connectivity index (χ1n) is 14.4. The molecule has 0 saturated carbocycles. The van der Waals surface area contributed by atoms with Crippen LogP contribution in [0.25, 0.3) is 21.2 Å². The summed E-state index contributed by atoms with van der Waals surface area (Å²) in [6.07, 6.45) is -0.550. The summed E-state index contributed by atoms with van der Waals surface area (Å²) in [5.74, 6) is 0.0531. The van der Waals surface area contributed by atoms with Crippen molar-refractivity contribution in [2.45, 2.75) is 65.2 Å². The van der Waals surface area contributed by atoms with Gasteiger partial charge in [-0.3, -0.25) is 10.1 Å². The summed E-state index contributed by atoms with van der Waals surface area (Å²) >= 11 is 8.24. The Hall–Kier alpha value is -4.01. The van der Waals surface area contributed by atoms with Crippen molar-refractivity contribution < 1.29 is 28.6 Å². The minimum Gasteiger partial charge on any atom is -0.491 e. The van der Waals surface area contributed by atoms with E-state index in [9.17, 15) is 19.6 Å². The number of nitrogens with one attached hydrogen (secondary N) is 1. The number of benzene rings is 2. The normalized spacial score (nSPS) is 17.0. The van der Waals surface area contributed by atoms with Gasteiger partial charge in [0.2, 0.25) is 0 Å². The van der Waals surface area contributed by atoms with Crippen LogP contribution < -0.4 is 10.1 Å². The molecule has 1 fully saturated rings. The van der Waals surface area contributed by atoms with Gasteiger partial charge in [0.15, 0.2) is 5.75 Å². The number of fused-ring (bicyclic) bond motifs is 3. The molecule has 10 nitrogen and oxygen atoms in total. The Balaban J connectivity index is 1.46. The molecular weight excluding hydrogens is 604 g/mol. The lowest BCUT2D eigenvalue weighted by atomic mass is 9.96. The van der Waals surface area contributed by atoms with Gasteiger partial charge >= 0.3 is 12.2 Å². The van der Waals surface area contributed by atoms with Crippen molar-refractivity contribution in [3.63, 3.8) is 0 Å². The highest BCUT2D eigenvalue weighted by molar-refractivity contribution is 7.23. The molecule has 232 valence electrons. The number of hydrogen-bond acceptors (Lipinski definition) is 8. The highest BCUT2D eigenvalue weighted by Crippen LogP contribution is 2.46. The molecule has 1 saturated heterocycles. The van der Waals surface area contributed by atoms with Gasteiger partial charge < -0.3 is 24.0 Å². The van der Waals surface area contributed by atoms with Crippen LogP contribution in [0.3, 0.4) is 0 Å². The van der Waals surface area contributed by atoms with E-state index in [1.54, 1.807) is 42.7 Å². The van der Waals surface area contributed by atoms with E-state index < -0.39 is 23.4 Å². The van der Waals surface area contributed by atoms with E-state index in [1.165, 1.54) is 11.3 Å². The Labute approximate surface area is 265 Å². The zero-order chi connectivity index (χ0) is 32.0. The fourth-order valence-electron chi connectivity index (χ4n) is 5.35. The molecule has 2 aromatic carbocycles. The maximum Gasteiger partial charge on any atom is 0.412 e. The molecule has 0 radical (unpaired) electrons. The number of thiophene rings is 1. The second-order valence-corrected chi connectivity index (χ2v) is 14.2. The van der Waals surface area contributed by atoms with Crippen LogP contribution in [0.5, 0.6) is 5.75 Å². The monoisotopic (exact) mass is 638 g/mol. The number of rotatable bonds is 2. The van der Waals surface area contributed by atoms with Crippen molar-refractivity contribution >= 4 is 56.1 Å². The highest BCUT2D eigenvalue weighted by Gasteiger charge is 2.37. The lowest BCUT2D eigenvalue weighted by molar-refractivity contribution is 0.00109. The van der Waals surface area contributed by atoms with Gasteiger partial charge in [0, 0.05) is 41.7 Å². The number of amides is 3. The quantitative estimate of drug-likeness (QED) is 0.313. The maximum absolute atomic E-state index is 13.8. The van der Waals surface area contributed by atoms with Crippen molar-refractivity contribution in [2.75, 3.05) is 31.6 Å². The number of nitrogens with zero attached hydrogens (tertiary/aromatic N) is 3. The Kier molecular flexibility index (Phi) is 8.44. The summed E-state index contributed by atoms with van der Waals surface area (Å²) in [6, 6.07) is 11.0. The molecule has 44 heavy (non-hydrogen) atoms. The Bertz CT molecular complexity index is 1680. The van der Waals surface area contributed by atoms with Gasteiger partial charge in [-0.1, -0.05) is 29.8 Å². The summed E-state index contributed by atoms with van der Waals surface area (Å²) in [6.45, 7) is 12.1. The van der Waals surface area contributed by atoms with Crippen LogP contribution in [0, 0.1) is 11.3 Å². The van der Waals surface area contributed by atoms with Crippen molar-refractivity contribution in [2.24, 2.45) is 0 Å². The number of carbonyl (C=O) groups is 3. The van der Waals surface area contributed by atoms with Gasteiger partial charge in [0.1, 0.15) is 22.3 Å². The minimum atomic E-state index is -0.698. The van der Waals surface area contributed by atoms with Gasteiger partial charge in [0.25, 0.3) is 5.91 Å². The lowest BCUT2D eigenvalue weighted by Gasteiger charge is -2.42. The van der Waals surface area contributed by atoms with Crippen molar-refractivity contribution in [3.8, 4) is 22.9 Å². The molecule has 0 unspecified atom stereocenters. The molecule has 5 rings (SSSR count). The van der Waals surface area contributed by atoms with E-state index in [0.717, 1.165) is 4.70 Å². The third-order valence-electron chi connectivity index (χ3n) is 7.15. The average molecular weight is 639 g/mol. The third-order valence-corrected chi connectivity index (χ3v) is 8.60.